The molecule has 94 valence electrons. The Bertz CT molecular complexity index is 713. The summed E-state index contributed by atoms with van der Waals surface area (Å²) in [5, 5.41) is 11.7. The highest BCUT2D eigenvalue weighted by atomic mass is 32.1. The van der Waals surface area contributed by atoms with Crippen molar-refractivity contribution in [1.29, 1.82) is 5.26 Å². The third-order valence-electron chi connectivity index (χ3n) is 2.47. The van der Waals surface area contributed by atoms with E-state index < -0.39 is 5.91 Å². The molecule has 2 aromatic rings. The first kappa shape index (κ1) is 12.8. The molecule has 19 heavy (non-hydrogen) atoms. The molecule has 2 rings (SSSR count). The number of nitrogens with one attached hydrogen (secondary N) is 2. The number of nitriles is 1. The van der Waals surface area contributed by atoms with Gasteiger partial charge in [-0.3, -0.25) is 4.79 Å². The number of anilines is 2. The summed E-state index contributed by atoms with van der Waals surface area (Å²) < 4.78 is 0.487. The van der Waals surface area contributed by atoms with Gasteiger partial charge in [0.2, 0.25) is 0 Å². The number of rotatable bonds is 3. The van der Waals surface area contributed by atoms with Crippen molar-refractivity contribution < 1.29 is 4.79 Å². The summed E-state index contributed by atoms with van der Waals surface area (Å²) >= 11 is 5.01. The highest BCUT2D eigenvalue weighted by Crippen LogP contribution is 2.18. The first-order chi connectivity index (χ1) is 9.10. The number of pyridine rings is 1. The minimum absolute atomic E-state index is 0.318. The summed E-state index contributed by atoms with van der Waals surface area (Å²) in [7, 11) is 0. The third-order valence-corrected chi connectivity index (χ3v) is 2.71. The Kier molecular flexibility index (Phi) is 3.59. The molecule has 1 aromatic carbocycles. The van der Waals surface area contributed by atoms with Gasteiger partial charge >= 0.3 is 0 Å². The summed E-state index contributed by atoms with van der Waals surface area (Å²) in [6.07, 6.45) is 0. The highest BCUT2D eigenvalue weighted by Gasteiger charge is 2.08. The van der Waals surface area contributed by atoms with Gasteiger partial charge in [-0.15, -0.1) is 0 Å². The van der Waals surface area contributed by atoms with E-state index in [2.05, 4.69) is 10.3 Å². The van der Waals surface area contributed by atoms with Gasteiger partial charge in [0.1, 0.15) is 10.5 Å². The Morgan fingerprint density at radius 3 is 2.53 bits per heavy atom. The van der Waals surface area contributed by atoms with E-state index >= 15 is 0 Å². The Hall–Kier alpha value is -2.65. The number of hydrogen-bond acceptors (Lipinski definition) is 4. The molecule has 0 atom stereocenters. The lowest BCUT2D eigenvalue weighted by molar-refractivity contribution is 0.100. The van der Waals surface area contributed by atoms with Crippen LogP contribution in [0.15, 0.2) is 36.4 Å². The topological polar surface area (TPSA) is 94.7 Å². The van der Waals surface area contributed by atoms with E-state index in [4.69, 9.17) is 23.2 Å². The maximum Gasteiger partial charge on any atom is 0.252 e. The van der Waals surface area contributed by atoms with Gasteiger partial charge in [0, 0.05) is 5.69 Å². The number of aromatic nitrogens is 1. The van der Waals surface area contributed by atoms with Gasteiger partial charge in [0.05, 0.1) is 17.2 Å². The van der Waals surface area contributed by atoms with Crippen LogP contribution < -0.4 is 11.1 Å². The second-order valence-electron chi connectivity index (χ2n) is 3.79. The van der Waals surface area contributed by atoms with Gasteiger partial charge in [-0.25, -0.2) is 0 Å². The van der Waals surface area contributed by atoms with Crippen LogP contribution in [-0.4, -0.2) is 10.9 Å². The number of nitrogens with zero attached hydrogens (tertiary/aromatic N) is 1. The molecule has 0 unspecified atom stereocenters. The normalized spacial score (nSPS) is 9.63. The second kappa shape index (κ2) is 5.33. The molecule has 0 aliphatic rings. The lowest BCUT2D eigenvalue weighted by atomic mass is 10.2. The van der Waals surface area contributed by atoms with Gasteiger partial charge in [0.15, 0.2) is 0 Å². The van der Waals surface area contributed by atoms with Crippen molar-refractivity contribution in [3.63, 3.8) is 0 Å². The number of nitrogens with two attached hydrogens (primary N) is 1. The molecule has 0 bridgehead atoms. The minimum Gasteiger partial charge on any atom is -0.365 e. The summed E-state index contributed by atoms with van der Waals surface area (Å²) in [4.78, 5) is 14.2. The van der Waals surface area contributed by atoms with E-state index in [1.165, 1.54) is 0 Å². The van der Waals surface area contributed by atoms with E-state index in [-0.39, 0.29) is 0 Å². The zero-order chi connectivity index (χ0) is 13.8. The van der Waals surface area contributed by atoms with Crippen LogP contribution in [0.25, 0.3) is 0 Å². The number of carbonyl (C=O) groups is 1. The van der Waals surface area contributed by atoms with Gasteiger partial charge in [-0.05, 0) is 36.4 Å². The maximum absolute atomic E-state index is 11.3. The van der Waals surface area contributed by atoms with Crippen molar-refractivity contribution in [1.82, 2.24) is 4.98 Å². The first-order valence-electron chi connectivity index (χ1n) is 5.40. The molecule has 5 nitrogen and oxygen atoms in total. The lowest BCUT2D eigenvalue weighted by Crippen LogP contribution is -2.14. The van der Waals surface area contributed by atoms with Crippen LogP contribution in [0, 0.1) is 16.0 Å². The standard InChI is InChI=1S/C13H10N4OS/c14-7-8-1-3-9(4-2-8)16-13-10(12(15)18)5-6-11(19)17-13/h1-6H,(H2,15,18)(H2,16,17,19). The van der Waals surface area contributed by atoms with Crippen LogP contribution in [-0.2, 0) is 0 Å². The molecular formula is C13H10N4OS. The second-order valence-corrected chi connectivity index (χ2v) is 4.23. The predicted octanol–water partition coefficient (Wildman–Crippen LogP) is 2.46. The molecule has 6 heteroatoms. The van der Waals surface area contributed by atoms with Crippen molar-refractivity contribution >= 4 is 29.6 Å². The van der Waals surface area contributed by atoms with Crippen LogP contribution >= 0.6 is 12.2 Å². The van der Waals surface area contributed by atoms with Crippen molar-refractivity contribution in [2.45, 2.75) is 0 Å². The van der Waals surface area contributed by atoms with E-state index in [1.807, 2.05) is 6.07 Å². The number of H-pyrrole nitrogens is 1. The number of benzene rings is 1. The summed E-state index contributed by atoms with van der Waals surface area (Å²) in [5.74, 6) is -0.118. The third kappa shape index (κ3) is 2.97. The number of primary amides is 1. The molecule has 0 radical (unpaired) electrons. The van der Waals surface area contributed by atoms with Gasteiger partial charge < -0.3 is 16.0 Å². The SMILES string of the molecule is N#Cc1ccc(Nc2[nH]c(=S)ccc2C(N)=O)cc1. The molecule has 1 amide bonds. The van der Waals surface area contributed by atoms with Crippen molar-refractivity contribution in [2.24, 2.45) is 5.73 Å². The largest absolute Gasteiger partial charge is 0.365 e. The minimum atomic E-state index is -0.553. The van der Waals surface area contributed by atoms with E-state index in [0.29, 0.717) is 21.6 Å². The zero-order valence-corrected chi connectivity index (χ0v) is 10.6. The monoisotopic (exact) mass is 270 g/mol. The lowest BCUT2D eigenvalue weighted by Gasteiger charge is -2.09. The molecule has 0 spiro atoms. The average Bonchev–Trinajstić information content (AvgIpc) is 2.39. The van der Waals surface area contributed by atoms with E-state index in [9.17, 15) is 4.79 Å². The van der Waals surface area contributed by atoms with Crippen molar-refractivity contribution in [3.8, 4) is 6.07 Å². The van der Waals surface area contributed by atoms with Gasteiger partial charge in [0.25, 0.3) is 5.91 Å². The van der Waals surface area contributed by atoms with E-state index in [0.717, 1.165) is 5.69 Å². The average molecular weight is 270 g/mol. The molecule has 0 saturated heterocycles. The maximum atomic E-state index is 11.3. The number of aromatic amines is 1. The summed E-state index contributed by atoms with van der Waals surface area (Å²) in [6, 6.07) is 12.0. The Balaban J connectivity index is 2.37. The Morgan fingerprint density at radius 2 is 1.95 bits per heavy atom. The fourth-order valence-electron chi connectivity index (χ4n) is 1.55. The smallest absolute Gasteiger partial charge is 0.252 e. The Morgan fingerprint density at radius 1 is 1.26 bits per heavy atom. The molecule has 1 heterocycles. The van der Waals surface area contributed by atoms with Crippen LogP contribution in [0.2, 0.25) is 0 Å². The predicted molar refractivity (Wildman–Crippen MR) is 74.6 cm³/mol. The van der Waals surface area contributed by atoms with Crippen molar-refractivity contribution in [3.05, 3.63) is 52.2 Å². The molecule has 0 aliphatic carbocycles. The molecule has 0 aliphatic heterocycles. The molecule has 0 saturated carbocycles. The van der Waals surface area contributed by atoms with Crippen molar-refractivity contribution in [2.75, 3.05) is 5.32 Å². The van der Waals surface area contributed by atoms with Crippen LogP contribution in [0.4, 0.5) is 11.5 Å². The Labute approximate surface area is 114 Å². The summed E-state index contributed by atoms with van der Waals surface area (Å²) in [5.41, 5.74) is 6.88. The number of carbonyl (C=O) groups excluding carboxylic acids is 1. The summed E-state index contributed by atoms with van der Waals surface area (Å²) in [6.45, 7) is 0. The van der Waals surface area contributed by atoms with Gasteiger partial charge in [-0.1, -0.05) is 12.2 Å². The quantitative estimate of drug-likeness (QED) is 0.746. The number of amides is 1. The van der Waals surface area contributed by atoms with Crippen LogP contribution in [0.1, 0.15) is 15.9 Å². The first-order valence-corrected chi connectivity index (χ1v) is 5.81. The molecular weight excluding hydrogens is 260 g/mol. The van der Waals surface area contributed by atoms with E-state index in [1.54, 1.807) is 36.4 Å². The van der Waals surface area contributed by atoms with Gasteiger partial charge in [-0.2, -0.15) is 5.26 Å². The molecule has 0 fully saturated rings. The molecule has 1 aromatic heterocycles. The van der Waals surface area contributed by atoms with Crippen LogP contribution in [0.3, 0.4) is 0 Å². The fraction of sp³-hybridized carbons (Fsp3) is 0. The highest BCUT2D eigenvalue weighted by molar-refractivity contribution is 7.71. The number of hydrogen-bond donors (Lipinski definition) is 3. The fourth-order valence-corrected chi connectivity index (χ4v) is 1.72. The molecule has 4 N–H and O–H groups in total. The zero-order valence-electron chi connectivity index (χ0n) is 9.81. The van der Waals surface area contributed by atoms with Crippen LogP contribution in [0.5, 0.6) is 0 Å².